The van der Waals surface area contributed by atoms with E-state index in [9.17, 15) is 4.79 Å². The third-order valence-corrected chi connectivity index (χ3v) is 2.22. The molecule has 0 aliphatic carbocycles. The first-order valence-corrected chi connectivity index (χ1v) is 4.30. The van der Waals surface area contributed by atoms with E-state index >= 15 is 0 Å². The molecule has 3 rings (SSSR count). The lowest BCUT2D eigenvalue weighted by Gasteiger charge is -1.93. The summed E-state index contributed by atoms with van der Waals surface area (Å²) in [6, 6.07) is 1.82. The summed E-state index contributed by atoms with van der Waals surface area (Å²) < 4.78 is 1.70. The molecule has 2 N–H and O–H groups in total. The van der Waals surface area contributed by atoms with Crippen molar-refractivity contribution in [3.63, 3.8) is 0 Å². The van der Waals surface area contributed by atoms with Gasteiger partial charge in [-0.3, -0.25) is 4.40 Å². The summed E-state index contributed by atoms with van der Waals surface area (Å²) in [6.07, 6.45) is 4.76. The highest BCUT2D eigenvalue weighted by atomic mass is 16.4. The maximum atomic E-state index is 10.7. The van der Waals surface area contributed by atoms with Gasteiger partial charge in [-0.2, -0.15) is 0 Å². The maximum absolute atomic E-state index is 10.7. The first-order valence-electron chi connectivity index (χ1n) is 4.30. The number of carboxylic acids is 1. The van der Waals surface area contributed by atoms with E-state index in [1.165, 1.54) is 12.4 Å². The van der Waals surface area contributed by atoms with Crippen LogP contribution in [-0.4, -0.2) is 30.4 Å². The molecule has 0 atom stereocenters. The van der Waals surface area contributed by atoms with Crippen LogP contribution in [0.15, 0.2) is 24.7 Å². The van der Waals surface area contributed by atoms with Gasteiger partial charge < -0.3 is 10.1 Å². The Hall–Kier alpha value is -2.37. The molecular formula is C9H6N4O2. The van der Waals surface area contributed by atoms with Crippen LogP contribution < -0.4 is 0 Å². The van der Waals surface area contributed by atoms with Gasteiger partial charge in [-0.1, -0.05) is 0 Å². The second-order valence-corrected chi connectivity index (χ2v) is 3.13. The lowest BCUT2D eigenvalue weighted by Crippen LogP contribution is -1.94. The normalized spacial score (nSPS) is 11.2. The van der Waals surface area contributed by atoms with Crippen molar-refractivity contribution in [2.75, 3.05) is 0 Å². The molecule has 0 aliphatic rings. The zero-order valence-corrected chi connectivity index (χ0v) is 7.51. The van der Waals surface area contributed by atoms with E-state index in [2.05, 4.69) is 15.0 Å². The van der Waals surface area contributed by atoms with Crippen LogP contribution in [0.3, 0.4) is 0 Å². The van der Waals surface area contributed by atoms with Crippen LogP contribution in [0.1, 0.15) is 10.5 Å². The van der Waals surface area contributed by atoms with Gasteiger partial charge in [0.1, 0.15) is 0 Å². The summed E-state index contributed by atoms with van der Waals surface area (Å²) >= 11 is 0. The molecule has 3 aromatic rings. The molecule has 0 aliphatic heterocycles. The number of aromatic carboxylic acids is 1. The third kappa shape index (κ3) is 1.01. The fourth-order valence-electron chi connectivity index (χ4n) is 1.55. The number of hydrogen-bond donors (Lipinski definition) is 2. The fraction of sp³-hybridized carbons (Fsp3) is 0. The molecule has 0 fully saturated rings. The lowest BCUT2D eigenvalue weighted by molar-refractivity contribution is 0.0691. The number of nitrogens with zero attached hydrogens (tertiary/aromatic N) is 3. The molecule has 6 nitrogen and oxygen atoms in total. The van der Waals surface area contributed by atoms with E-state index in [0.29, 0.717) is 11.3 Å². The van der Waals surface area contributed by atoms with Gasteiger partial charge in [0.15, 0.2) is 17.0 Å². The van der Waals surface area contributed by atoms with Crippen molar-refractivity contribution in [1.29, 1.82) is 0 Å². The highest BCUT2D eigenvalue weighted by Crippen LogP contribution is 2.13. The van der Waals surface area contributed by atoms with Crippen molar-refractivity contribution >= 4 is 22.8 Å². The highest BCUT2D eigenvalue weighted by molar-refractivity contribution is 5.87. The topological polar surface area (TPSA) is 83.3 Å². The van der Waals surface area contributed by atoms with Crippen molar-refractivity contribution in [3.8, 4) is 0 Å². The first kappa shape index (κ1) is 7.98. The van der Waals surface area contributed by atoms with Crippen LogP contribution in [0.5, 0.6) is 0 Å². The Labute approximate surface area is 83.2 Å². The highest BCUT2D eigenvalue weighted by Gasteiger charge is 2.10. The van der Waals surface area contributed by atoms with Crippen molar-refractivity contribution < 1.29 is 9.90 Å². The van der Waals surface area contributed by atoms with Gasteiger partial charge in [-0.15, -0.1) is 0 Å². The van der Waals surface area contributed by atoms with Crippen LogP contribution in [0.4, 0.5) is 0 Å². The largest absolute Gasteiger partial charge is 0.476 e. The Bertz CT molecular complexity index is 667. The quantitative estimate of drug-likeness (QED) is 0.614. The third-order valence-electron chi connectivity index (χ3n) is 2.22. The molecule has 0 bridgehead atoms. The number of nitrogens with one attached hydrogen (secondary N) is 1. The van der Waals surface area contributed by atoms with Crippen LogP contribution in [0.2, 0.25) is 0 Å². The summed E-state index contributed by atoms with van der Waals surface area (Å²) in [5.41, 5.74) is 2.06. The minimum absolute atomic E-state index is 0.0190. The van der Waals surface area contributed by atoms with E-state index in [1.807, 2.05) is 6.07 Å². The number of aromatic nitrogens is 4. The van der Waals surface area contributed by atoms with Crippen LogP contribution in [0, 0.1) is 0 Å². The van der Waals surface area contributed by atoms with Gasteiger partial charge in [0.25, 0.3) is 0 Å². The maximum Gasteiger partial charge on any atom is 0.356 e. The number of fused-ring (bicyclic) bond motifs is 3. The molecule has 3 heterocycles. The molecule has 0 spiro atoms. The van der Waals surface area contributed by atoms with Gasteiger partial charge in [-0.25, -0.2) is 14.8 Å². The summed E-state index contributed by atoms with van der Waals surface area (Å²) in [4.78, 5) is 21.7. The second kappa shape index (κ2) is 2.57. The second-order valence-electron chi connectivity index (χ2n) is 3.13. The van der Waals surface area contributed by atoms with E-state index in [1.54, 1.807) is 10.6 Å². The van der Waals surface area contributed by atoms with E-state index in [4.69, 9.17) is 5.11 Å². The van der Waals surface area contributed by atoms with E-state index < -0.39 is 5.97 Å². The van der Waals surface area contributed by atoms with Gasteiger partial charge in [0.2, 0.25) is 0 Å². The lowest BCUT2D eigenvalue weighted by atomic mass is 10.5. The molecule has 74 valence electrons. The Balaban J connectivity index is 2.46. The molecule has 15 heavy (non-hydrogen) atoms. The number of carboxylic acid groups (broad SMARTS) is 1. The standard InChI is InChI=1S/C9H6N4O2/c14-9(15)5-4-13-6-1-2-10-8(6)11-3-7(13)12-5/h1-4,10H,(H,14,15). The number of aromatic amines is 1. The number of H-pyrrole nitrogens is 1. The number of rotatable bonds is 1. The van der Waals surface area contributed by atoms with Crippen LogP contribution >= 0.6 is 0 Å². The predicted octanol–water partition coefficient (Wildman–Crippen LogP) is 0.909. The first-order chi connectivity index (χ1) is 7.25. The fourth-order valence-corrected chi connectivity index (χ4v) is 1.55. The monoisotopic (exact) mass is 202 g/mol. The van der Waals surface area contributed by atoms with Gasteiger partial charge in [-0.05, 0) is 6.07 Å². The molecule has 0 amide bonds. The molecule has 0 saturated heterocycles. The molecule has 6 heteroatoms. The summed E-state index contributed by atoms with van der Waals surface area (Å²) in [5.74, 6) is -1.04. The van der Waals surface area contributed by atoms with Crippen molar-refractivity contribution in [3.05, 3.63) is 30.4 Å². The van der Waals surface area contributed by atoms with Crippen LogP contribution in [0.25, 0.3) is 16.8 Å². The Kier molecular flexibility index (Phi) is 1.37. The van der Waals surface area contributed by atoms with Gasteiger partial charge in [0.05, 0.1) is 11.7 Å². The van der Waals surface area contributed by atoms with Gasteiger partial charge >= 0.3 is 5.97 Å². The average Bonchev–Trinajstić information content (AvgIpc) is 2.82. The smallest absolute Gasteiger partial charge is 0.356 e. The Morgan fingerprint density at radius 2 is 2.40 bits per heavy atom. The number of imidazole rings is 1. The minimum Gasteiger partial charge on any atom is -0.476 e. The molecule has 0 saturated carbocycles. The summed E-state index contributed by atoms with van der Waals surface area (Å²) in [6.45, 7) is 0. The SMILES string of the molecule is O=C(O)c1cn2c(cnc3[nH]ccc32)n1. The number of hydrogen-bond acceptors (Lipinski definition) is 3. The van der Waals surface area contributed by atoms with E-state index in [0.717, 1.165) is 5.52 Å². The van der Waals surface area contributed by atoms with Crippen LogP contribution in [-0.2, 0) is 0 Å². The zero-order valence-electron chi connectivity index (χ0n) is 7.51. The molecule has 0 aromatic carbocycles. The van der Waals surface area contributed by atoms with Gasteiger partial charge in [0, 0.05) is 12.4 Å². The average molecular weight is 202 g/mol. The zero-order chi connectivity index (χ0) is 10.4. The predicted molar refractivity (Wildman–Crippen MR) is 51.8 cm³/mol. The van der Waals surface area contributed by atoms with E-state index in [-0.39, 0.29) is 5.69 Å². The van der Waals surface area contributed by atoms with Crippen molar-refractivity contribution in [2.45, 2.75) is 0 Å². The summed E-state index contributed by atoms with van der Waals surface area (Å²) in [5, 5.41) is 8.80. The molecule has 0 unspecified atom stereocenters. The molecular weight excluding hydrogens is 196 g/mol. The minimum atomic E-state index is -1.04. The molecule has 0 radical (unpaired) electrons. The Morgan fingerprint density at radius 1 is 1.53 bits per heavy atom. The Morgan fingerprint density at radius 3 is 3.20 bits per heavy atom. The molecule has 3 aromatic heterocycles. The summed E-state index contributed by atoms with van der Waals surface area (Å²) in [7, 11) is 0. The number of carbonyl (C=O) groups is 1. The van der Waals surface area contributed by atoms with Crippen molar-refractivity contribution in [2.24, 2.45) is 0 Å². The van der Waals surface area contributed by atoms with Crippen molar-refractivity contribution in [1.82, 2.24) is 19.4 Å².